The SMILES string of the molecule is O=C(NCc1ccccc1)c1cccc(OS(=O)(=O)c2ccc(F)cc2F)c1. The van der Waals surface area contributed by atoms with Gasteiger partial charge in [-0.25, -0.2) is 8.78 Å². The minimum atomic E-state index is -4.53. The summed E-state index contributed by atoms with van der Waals surface area (Å²) in [6.45, 7) is 0.295. The second-order valence-corrected chi connectivity index (χ2v) is 7.32. The number of benzene rings is 3. The number of hydrogen-bond donors (Lipinski definition) is 1. The van der Waals surface area contributed by atoms with Crippen LogP contribution in [-0.4, -0.2) is 14.3 Å². The van der Waals surface area contributed by atoms with Gasteiger partial charge in [-0.3, -0.25) is 4.79 Å². The standard InChI is InChI=1S/C20H15F2NO4S/c21-16-9-10-19(18(22)12-16)28(25,26)27-17-8-4-7-15(11-17)20(24)23-13-14-5-2-1-3-6-14/h1-12H,13H2,(H,23,24). The Kier molecular flexibility index (Phi) is 5.70. The maximum Gasteiger partial charge on any atom is 0.342 e. The molecule has 0 unspecified atom stereocenters. The maximum atomic E-state index is 13.8. The molecule has 8 heteroatoms. The minimum absolute atomic E-state index is 0.170. The first kappa shape index (κ1) is 19.5. The predicted octanol–water partition coefficient (Wildman–Crippen LogP) is 3.66. The molecule has 0 heterocycles. The van der Waals surface area contributed by atoms with E-state index in [-0.39, 0.29) is 11.3 Å². The zero-order valence-electron chi connectivity index (χ0n) is 14.4. The second kappa shape index (κ2) is 8.18. The van der Waals surface area contributed by atoms with Crippen LogP contribution in [0.15, 0.2) is 77.7 Å². The molecule has 0 saturated heterocycles. The molecular weight excluding hydrogens is 388 g/mol. The third kappa shape index (κ3) is 4.72. The smallest absolute Gasteiger partial charge is 0.342 e. The molecule has 144 valence electrons. The predicted molar refractivity (Wildman–Crippen MR) is 98.2 cm³/mol. The van der Waals surface area contributed by atoms with Crippen LogP contribution in [-0.2, 0) is 16.7 Å². The van der Waals surface area contributed by atoms with E-state index in [0.717, 1.165) is 17.7 Å². The fourth-order valence-electron chi connectivity index (χ4n) is 2.42. The Morgan fingerprint density at radius 1 is 0.929 bits per heavy atom. The lowest BCUT2D eigenvalue weighted by Crippen LogP contribution is -2.22. The van der Waals surface area contributed by atoms with Gasteiger partial charge in [0.05, 0.1) is 0 Å². The third-order valence-corrected chi connectivity index (χ3v) is 5.04. The highest BCUT2D eigenvalue weighted by atomic mass is 32.2. The molecule has 0 spiro atoms. The Balaban J connectivity index is 1.74. The summed E-state index contributed by atoms with van der Waals surface area (Å²) in [4.78, 5) is 11.5. The van der Waals surface area contributed by atoms with Crippen molar-refractivity contribution in [3.05, 3.63) is 95.6 Å². The lowest BCUT2D eigenvalue weighted by molar-refractivity contribution is 0.0950. The average molecular weight is 403 g/mol. The van der Waals surface area contributed by atoms with Crippen molar-refractivity contribution in [1.29, 1.82) is 0 Å². The molecule has 0 aliphatic rings. The molecule has 0 radical (unpaired) electrons. The molecule has 0 aromatic heterocycles. The molecule has 0 bridgehead atoms. The Morgan fingerprint density at radius 3 is 2.39 bits per heavy atom. The topological polar surface area (TPSA) is 72.5 Å². The van der Waals surface area contributed by atoms with Crippen molar-refractivity contribution in [3.8, 4) is 5.75 Å². The zero-order chi connectivity index (χ0) is 20.1. The lowest BCUT2D eigenvalue weighted by Gasteiger charge is -2.10. The van der Waals surface area contributed by atoms with Crippen LogP contribution in [0.25, 0.3) is 0 Å². The van der Waals surface area contributed by atoms with Crippen molar-refractivity contribution in [2.75, 3.05) is 0 Å². The van der Waals surface area contributed by atoms with Crippen LogP contribution in [0.1, 0.15) is 15.9 Å². The number of amides is 1. The molecule has 3 rings (SSSR count). The van der Waals surface area contributed by atoms with E-state index in [1.165, 1.54) is 24.3 Å². The first-order valence-electron chi connectivity index (χ1n) is 8.17. The molecule has 0 fully saturated rings. The van der Waals surface area contributed by atoms with Crippen LogP contribution in [0.4, 0.5) is 8.78 Å². The van der Waals surface area contributed by atoms with Gasteiger partial charge < -0.3 is 9.50 Å². The third-order valence-electron chi connectivity index (χ3n) is 3.76. The molecule has 0 aliphatic carbocycles. The fraction of sp³-hybridized carbons (Fsp3) is 0.0500. The molecule has 3 aromatic carbocycles. The maximum absolute atomic E-state index is 13.8. The quantitative estimate of drug-likeness (QED) is 0.638. The highest BCUT2D eigenvalue weighted by Crippen LogP contribution is 2.22. The molecule has 28 heavy (non-hydrogen) atoms. The second-order valence-electron chi connectivity index (χ2n) is 5.81. The molecule has 5 nitrogen and oxygen atoms in total. The minimum Gasteiger partial charge on any atom is -0.379 e. The van der Waals surface area contributed by atoms with Gasteiger partial charge in [0.15, 0.2) is 0 Å². The Bertz CT molecular complexity index is 1100. The van der Waals surface area contributed by atoms with Crippen molar-refractivity contribution in [2.45, 2.75) is 11.4 Å². The highest BCUT2D eigenvalue weighted by Gasteiger charge is 2.22. The molecule has 1 amide bonds. The van der Waals surface area contributed by atoms with E-state index < -0.39 is 32.6 Å². The fourth-order valence-corrected chi connectivity index (χ4v) is 3.40. The normalized spacial score (nSPS) is 11.1. The van der Waals surface area contributed by atoms with E-state index >= 15 is 0 Å². The van der Waals surface area contributed by atoms with Gasteiger partial charge >= 0.3 is 10.1 Å². The van der Waals surface area contributed by atoms with Crippen LogP contribution in [0.3, 0.4) is 0 Å². The van der Waals surface area contributed by atoms with Gasteiger partial charge in [-0.2, -0.15) is 8.42 Å². The van der Waals surface area contributed by atoms with Crippen LogP contribution in [0.2, 0.25) is 0 Å². The van der Waals surface area contributed by atoms with E-state index in [2.05, 4.69) is 5.32 Å². The molecule has 0 atom stereocenters. The Hall–Kier alpha value is -3.26. The van der Waals surface area contributed by atoms with E-state index in [1.807, 2.05) is 30.3 Å². The van der Waals surface area contributed by atoms with Crippen LogP contribution >= 0.6 is 0 Å². The number of hydrogen-bond acceptors (Lipinski definition) is 4. The summed E-state index contributed by atoms with van der Waals surface area (Å²) in [6.07, 6.45) is 0. The molecule has 3 aromatic rings. The number of carbonyl (C=O) groups excluding carboxylic acids is 1. The van der Waals surface area contributed by atoms with Gasteiger partial charge in [0.1, 0.15) is 22.3 Å². The van der Waals surface area contributed by atoms with E-state index in [0.29, 0.717) is 12.6 Å². The van der Waals surface area contributed by atoms with Gasteiger partial charge in [-0.15, -0.1) is 0 Å². The summed E-state index contributed by atoms with van der Waals surface area (Å²) in [6, 6.07) is 16.7. The highest BCUT2D eigenvalue weighted by molar-refractivity contribution is 7.87. The van der Waals surface area contributed by atoms with Gasteiger partial charge in [0.2, 0.25) is 0 Å². The lowest BCUT2D eigenvalue weighted by atomic mass is 10.2. The zero-order valence-corrected chi connectivity index (χ0v) is 15.2. The van der Waals surface area contributed by atoms with Crippen molar-refractivity contribution < 1.29 is 26.2 Å². The molecule has 0 saturated carbocycles. The first-order chi connectivity index (χ1) is 13.3. The molecular formula is C20H15F2NO4S. The van der Waals surface area contributed by atoms with Gasteiger partial charge in [0, 0.05) is 18.2 Å². The van der Waals surface area contributed by atoms with Gasteiger partial charge in [-0.05, 0) is 35.9 Å². The van der Waals surface area contributed by atoms with E-state index in [4.69, 9.17) is 4.18 Å². The summed E-state index contributed by atoms with van der Waals surface area (Å²) >= 11 is 0. The number of halogens is 2. The first-order valence-corrected chi connectivity index (χ1v) is 9.58. The average Bonchev–Trinajstić information content (AvgIpc) is 2.66. The van der Waals surface area contributed by atoms with Crippen LogP contribution in [0, 0.1) is 11.6 Å². The largest absolute Gasteiger partial charge is 0.379 e. The van der Waals surface area contributed by atoms with Crippen molar-refractivity contribution in [3.63, 3.8) is 0 Å². The van der Waals surface area contributed by atoms with Gasteiger partial charge in [-0.1, -0.05) is 36.4 Å². The van der Waals surface area contributed by atoms with Crippen molar-refractivity contribution >= 4 is 16.0 Å². The molecule has 1 N–H and O–H groups in total. The summed E-state index contributed by atoms with van der Waals surface area (Å²) in [5.41, 5.74) is 1.07. The Morgan fingerprint density at radius 2 is 1.68 bits per heavy atom. The van der Waals surface area contributed by atoms with Crippen LogP contribution in [0.5, 0.6) is 5.75 Å². The summed E-state index contributed by atoms with van der Waals surface area (Å²) < 4.78 is 56.1. The Labute approximate surface area is 160 Å². The van der Waals surface area contributed by atoms with E-state index in [1.54, 1.807) is 0 Å². The molecule has 0 aliphatic heterocycles. The van der Waals surface area contributed by atoms with Crippen LogP contribution < -0.4 is 9.50 Å². The summed E-state index contributed by atoms with van der Waals surface area (Å²) in [5.74, 6) is -2.78. The monoisotopic (exact) mass is 403 g/mol. The van der Waals surface area contributed by atoms with Crippen molar-refractivity contribution in [1.82, 2.24) is 5.32 Å². The van der Waals surface area contributed by atoms with Gasteiger partial charge in [0.25, 0.3) is 5.91 Å². The van der Waals surface area contributed by atoms with E-state index in [9.17, 15) is 22.0 Å². The summed E-state index contributed by atoms with van der Waals surface area (Å²) in [7, 11) is -4.53. The number of carbonyl (C=O) groups is 1. The van der Waals surface area contributed by atoms with Crippen molar-refractivity contribution in [2.24, 2.45) is 0 Å². The summed E-state index contributed by atoms with van der Waals surface area (Å²) in [5, 5.41) is 2.71. The number of rotatable bonds is 6. The number of nitrogens with one attached hydrogen (secondary N) is 1.